The van der Waals surface area contributed by atoms with Crippen LogP contribution < -0.4 is 4.74 Å². The number of ether oxygens (including phenoxy) is 1. The molecule has 1 heterocycles. The maximum atomic E-state index is 10.5. The van der Waals surface area contributed by atoms with Gasteiger partial charge in [-0.25, -0.2) is 0 Å². The summed E-state index contributed by atoms with van der Waals surface area (Å²) in [5.74, 6) is 0.619. The van der Waals surface area contributed by atoms with Crippen LogP contribution in [0.3, 0.4) is 0 Å². The van der Waals surface area contributed by atoms with E-state index in [1.54, 1.807) is 12.1 Å². The maximum absolute atomic E-state index is 10.5. The first kappa shape index (κ1) is 7.16. The molecule has 1 aliphatic heterocycles. The molecule has 3 heteroatoms. The summed E-state index contributed by atoms with van der Waals surface area (Å²) in [7, 11) is 0. The molecule has 3 nitrogen and oxygen atoms in total. The maximum Gasteiger partial charge on any atom is 0.131 e. The zero-order chi connectivity index (χ0) is 8.55. The molecular formula is C9H8O3. The Balaban J connectivity index is 2.47. The fraction of sp³-hybridized carbons (Fsp3) is 0.222. The molecule has 1 unspecified atom stereocenters. The number of phenols is 1. The zero-order valence-corrected chi connectivity index (χ0v) is 6.36. The van der Waals surface area contributed by atoms with Gasteiger partial charge < -0.3 is 14.6 Å². The summed E-state index contributed by atoms with van der Waals surface area (Å²) in [5, 5.41) is 9.09. The molecule has 1 aliphatic rings. The first-order chi connectivity index (χ1) is 5.81. The van der Waals surface area contributed by atoms with Crippen LogP contribution >= 0.6 is 0 Å². The Morgan fingerprint density at radius 2 is 2.42 bits per heavy atom. The average Bonchev–Trinajstić information content (AvgIpc) is 2.46. The summed E-state index contributed by atoms with van der Waals surface area (Å²) >= 11 is 0. The second kappa shape index (κ2) is 2.52. The van der Waals surface area contributed by atoms with E-state index in [1.165, 1.54) is 6.07 Å². The molecule has 12 heavy (non-hydrogen) atoms. The highest BCUT2D eigenvalue weighted by atomic mass is 16.5. The van der Waals surface area contributed by atoms with Crippen LogP contribution in [0, 0.1) is 0 Å². The van der Waals surface area contributed by atoms with Crippen molar-refractivity contribution in [2.75, 3.05) is 6.61 Å². The Hall–Kier alpha value is -1.51. The van der Waals surface area contributed by atoms with Crippen LogP contribution in [-0.2, 0) is 4.79 Å². The van der Waals surface area contributed by atoms with E-state index in [0.29, 0.717) is 12.4 Å². The van der Waals surface area contributed by atoms with E-state index in [9.17, 15) is 4.79 Å². The topological polar surface area (TPSA) is 46.5 Å². The molecule has 0 aromatic heterocycles. The summed E-state index contributed by atoms with van der Waals surface area (Å²) in [5.41, 5.74) is 0.864. The third-order valence-electron chi connectivity index (χ3n) is 1.98. The van der Waals surface area contributed by atoms with Gasteiger partial charge in [0.25, 0.3) is 0 Å². The van der Waals surface area contributed by atoms with Crippen LogP contribution in [0.25, 0.3) is 0 Å². The van der Waals surface area contributed by atoms with Crippen LogP contribution in [0.2, 0.25) is 0 Å². The largest absolute Gasteiger partial charge is 0.508 e. The average molecular weight is 164 g/mol. The van der Waals surface area contributed by atoms with Crippen molar-refractivity contribution in [2.45, 2.75) is 5.92 Å². The zero-order valence-electron chi connectivity index (χ0n) is 6.36. The summed E-state index contributed by atoms with van der Waals surface area (Å²) in [6.07, 6.45) is 0.864. The van der Waals surface area contributed by atoms with Gasteiger partial charge in [-0.15, -0.1) is 0 Å². The first-order valence-electron chi connectivity index (χ1n) is 3.72. The molecule has 1 aromatic rings. The van der Waals surface area contributed by atoms with Crippen LogP contribution in [0.1, 0.15) is 11.5 Å². The Labute approximate surface area is 69.6 Å². The summed E-state index contributed by atoms with van der Waals surface area (Å²) in [6.45, 7) is 0.391. The normalized spacial score (nSPS) is 19.8. The Morgan fingerprint density at radius 3 is 3.17 bits per heavy atom. The molecule has 0 saturated carbocycles. The molecule has 0 saturated heterocycles. The van der Waals surface area contributed by atoms with E-state index < -0.39 is 0 Å². The number of rotatable bonds is 1. The molecule has 0 bridgehead atoms. The summed E-state index contributed by atoms with van der Waals surface area (Å²) in [6, 6.07) is 4.81. The molecule has 0 radical (unpaired) electrons. The van der Waals surface area contributed by atoms with Gasteiger partial charge >= 0.3 is 0 Å². The number of aromatic hydroxyl groups is 1. The molecule has 1 atom stereocenters. The highest BCUT2D eigenvalue weighted by molar-refractivity contribution is 5.67. The van der Waals surface area contributed by atoms with Gasteiger partial charge in [0.05, 0.1) is 5.92 Å². The van der Waals surface area contributed by atoms with Gasteiger partial charge in [-0.1, -0.05) is 6.07 Å². The van der Waals surface area contributed by atoms with Crippen molar-refractivity contribution in [2.24, 2.45) is 0 Å². The predicted molar refractivity (Wildman–Crippen MR) is 42.4 cm³/mol. The predicted octanol–water partition coefficient (Wildman–Crippen LogP) is 1.07. The van der Waals surface area contributed by atoms with Crippen LogP contribution in [-0.4, -0.2) is 18.0 Å². The number of aldehydes is 1. The molecular weight excluding hydrogens is 156 g/mol. The lowest BCUT2D eigenvalue weighted by atomic mass is 10.0. The Kier molecular flexibility index (Phi) is 1.50. The van der Waals surface area contributed by atoms with Gasteiger partial charge in [0, 0.05) is 11.6 Å². The Bertz CT molecular complexity index is 320. The van der Waals surface area contributed by atoms with Crippen molar-refractivity contribution < 1.29 is 14.6 Å². The molecule has 0 fully saturated rings. The fourth-order valence-corrected chi connectivity index (χ4v) is 1.34. The molecule has 1 aromatic carbocycles. The highest BCUT2D eigenvalue weighted by Gasteiger charge is 2.23. The van der Waals surface area contributed by atoms with Gasteiger partial charge in [-0.05, 0) is 6.07 Å². The minimum absolute atomic E-state index is 0.166. The summed E-state index contributed by atoms with van der Waals surface area (Å²) < 4.78 is 5.19. The number of phenolic OH excluding ortho intramolecular Hbond substituents is 1. The van der Waals surface area contributed by atoms with E-state index in [-0.39, 0.29) is 11.7 Å². The van der Waals surface area contributed by atoms with Gasteiger partial charge in [0.2, 0.25) is 0 Å². The number of benzene rings is 1. The quantitative estimate of drug-likeness (QED) is 0.631. The smallest absolute Gasteiger partial charge is 0.131 e. The van der Waals surface area contributed by atoms with Gasteiger partial charge in [-0.3, -0.25) is 0 Å². The van der Waals surface area contributed by atoms with E-state index in [0.717, 1.165) is 11.8 Å². The van der Waals surface area contributed by atoms with Crippen molar-refractivity contribution in [1.82, 2.24) is 0 Å². The third-order valence-corrected chi connectivity index (χ3v) is 1.98. The van der Waals surface area contributed by atoms with Crippen molar-refractivity contribution in [3.63, 3.8) is 0 Å². The molecule has 0 spiro atoms. The van der Waals surface area contributed by atoms with Gasteiger partial charge in [0.15, 0.2) is 0 Å². The lowest BCUT2D eigenvalue weighted by molar-refractivity contribution is -0.109. The lowest BCUT2D eigenvalue weighted by Gasteiger charge is -1.98. The molecule has 62 valence electrons. The van der Waals surface area contributed by atoms with E-state index in [1.807, 2.05) is 0 Å². The van der Waals surface area contributed by atoms with E-state index >= 15 is 0 Å². The number of carbonyl (C=O) groups is 1. The minimum Gasteiger partial charge on any atom is -0.508 e. The third kappa shape index (κ3) is 0.942. The molecule has 0 aliphatic carbocycles. The lowest BCUT2D eigenvalue weighted by Crippen LogP contribution is -2.00. The van der Waals surface area contributed by atoms with Crippen LogP contribution in [0.4, 0.5) is 0 Å². The van der Waals surface area contributed by atoms with Crippen molar-refractivity contribution in [3.8, 4) is 11.5 Å². The number of carbonyl (C=O) groups excluding carboxylic acids is 1. The van der Waals surface area contributed by atoms with E-state index in [4.69, 9.17) is 9.84 Å². The van der Waals surface area contributed by atoms with Crippen molar-refractivity contribution in [1.29, 1.82) is 0 Å². The van der Waals surface area contributed by atoms with Gasteiger partial charge in [-0.2, -0.15) is 0 Å². The standard InChI is InChI=1S/C9H8O3/c10-4-6-5-12-9-3-7(11)1-2-8(6)9/h1-4,6,11H,5H2. The van der Waals surface area contributed by atoms with Crippen molar-refractivity contribution >= 4 is 6.29 Å². The highest BCUT2D eigenvalue weighted by Crippen LogP contribution is 2.34. The fourth-order valence-electron chi connectivity index (χ4n) is 1.34. The molecule has 2 rings (SSSR count). The summed E-state index contributed by atoms with van der Waals surface area (Å²) in [4.78, 5) is 10.5. The minimum atomic E-state index is -0.166. The second-order valence-electron chi connectivity index (χ2n) is 2.78. The van der Waals surface area contributed by atoms with Crippen molar-refractivity contribution in [3.05, 3.63) is 23.8 Å². The first-order valence-corrected chi connectivity index (χ1v) is 3.72. The Morgan fingerprint density at radius 1 is 1.58 bits per heavy atom. The number of hydrogen-bond donors (Lipinski definition) is 1. The monoisotopic (exact) mass is 164 g/mol. The molecule has 1 N–H and O–H groups in total. The van der Waals surface area contributed by atoms with E-state index in [2.05, 4.69) is 0 Å². The molecule has 0 amide bonds. The second-order valence-corrected chi connectivity index (χ2v) is 2.78. The van der Waals surface area contributed by atoms with Gasteiger partial charge in [0.1, 0.15) is 24.4 Å². The van der Waals surface area contributed by atoms with Crippen LogP contribution in [0.15, 0.2) is 18.2 Å². The SMILES string of the molecule is O=CC1COc2cc(O)ccc21. The van der Waals surface area contributed by atoms with Crippen LogP contribution in [0.5, 0.6) is 11.5 Å². The number of hydrogen-bond acceptors (Lipinski definition) is 3. The number of fused-ring (bicyclic) bond motifs is 1.